The van der Waals surface area contributed by atoms with Crippen LogP contribution in [-0.2, 0) is 4.79 Å². The first-order valence-electron chi connectivity index (χ1n) is 6.91. The molecule has 1 aliphatic heterocycles. The van der Waals surface area contributed by atoms with Gasteiger partial charge in [0.05, 0.1) is 12.2 Å². The lowest BCUT2D eigenvalue weighted by molar-refractivity contribution is -0.117. The Morgan fingerprint density at radius 3 is 2.86 bits per heavy atom. The molecule has 3 N–H and O–H groups in total. The predicted molar refractivity (Wildman–Crippen MR) is 84.1 cm³/mol. The van der Waals surface area contributed by atoms with Gasteiger partial charge in [-0.25, -0.2) is 4.98 Å². The fourth-order valence-electron chi connectivity index (χ4n) is 2.37. The smallest absolute Gasteiger partial charge is 0.239 e. The summed E-state index contributed by atoms with van der Waals surface area (Å²) in [7, 11) is 0. The van der Waals surface area contributed by atoms with Crippen LogP contribution in [0.4, 0.5) is 11.5 Å². The molecule has 0 radical (unpaired) electrons. The predicted octanol–water partition coefficient (Wildman–Crippen LogP) is 1.68. The first kappa shape index (κ1) is 15.6. The van der Waals surface area contributed by atoms with Gasteiger partial charge in [-0.15, -0.1) is 11.8 Å². The maximum absolute atomic E-state index is 12.0. The quantitative estimate of drug-likeness (QED) is 0.822. The van der Waals surface area contributed by atoms with E-state index in [1.807, 2.05) is 12.3 Å². The molecule has 1 saturated heterocycles. The number of pyridine rings is 1. The first-order valence-corrected chi connectivity index (χ1v) is 8.13. The number of piperidine rings is 1. The van der Waals surface area contributed by atoms with E-state index in [9.17, 15) is 4.79 Å². The summed E-state index contributed by atoms with van der Waals surface area (Å²) >= 11 is 1.34. The number of thioether (sulfide) groups is 1. The molecule has 1 amide bonds. The Labute approximate surface area is 128 Å². The van der Waals surface area contributed by atoms with Crippen LogP contribution in [0.25, 0.3) is 0 Å². The monoisotopic (exact) mass is 305 g/mol. The lowest BCUT2D eigenvalue weighted by Crippen LogP contribution is -2.37. The van der Waals surface area contributed by atoms with Crippen molar-refractivity contribution in [1.29, 1.82) is 5.26 Å². The van der Waals surface area contributed by atoms with E-state index in [0.29, 0.717) is 28.6 Å². The van der Waals surface area contributed by atoms with Crippen LogP contribution in [0.15, 0.2) is 11.1 Å². The van der Waals surface area contributed by atoms with Gasteiger partial charge in [0.15, 0.2) is 0 Å². The molecule has 112 valence electrons. The van der Waals surface area contributed by atoms with E-state index in [1.54, 1.807) is 0 Å². The number of hydrogen-bond donors (Lipinski definition) is 2. The Hall–Kier alpha value is -1.78. The Kier molecular flexibility index (Phi) is 5.42. The third-order valence-corrected chi connectivity index (χ3v) is 4.09. The number of likely N-dealkylation sites (tertiary alicyclic amines) is 1. The minimum absolute atomic E-state index is 0.0967. The van der Waals surface area contributed by atoms with Crippen molar-refractivity contribution in [1.82, 2.24) is 9.88 Å². The minimum atomic E-state index is -0.0967. The second-order valence-electron chi connectivity index (χ2n) is 4.98. The number of hydrogen-bond acceptors (Lipinski definition) is 6. The van der Waals surface area contributed by atoms with Crippen molar-refractivity contribution in [2.45, 2.75) is 24.3 Å². The van der Waals surface area contributed by atoms with Crippen molar-refractivity contribution in [3.8, 4) is 6.07 Å². The summed E-state index contributed by atoms with van der Waals surface area (Å²) < 4.78 is 0. The molecule has 2 heterocycles. The van der Waals surface area contributed by atoms with E-state index in [2.05, 4.69) is 15.2 Å². The molecule has 1 aliphatic rings. The van der Waals surface area contributed by atoms with Crippen LogP contribution in [0, 0.1) is 11.3 Å². The third kappa shape index (κ3) is 4.09. The van der Waals surface area contributed by atoms with E-state index in [0.717, 1.165) is 25.9 Å². The van der Waals surface area contributed by atoms with Gasteiger partial charge < -0.3 is 11.1 Å². The van der Waals surface area contributed by atoms with Crippen LogP contribution in [0.2, 0.25) is 0 Å². The first-order chi connectivity index (χ1) is 10.1. The van der Waals surface area contributed by atoms with E-state index >= 15 is 0 Å². The van der Waals surface area contributed by atoms with Gasteiger partial charge in [0, 0.05) is 6.07 Å². The second kappa shape index (κ2) is 7.29. The van der Waals surface area contributed by atoms with Gasteiger partial charge in [-0.3, -0.25) is 9.69 Å². The number of rotatable bonds is 4. The Bertz CT molecular complexity index is 563. The molecule has 1 fully saturated rings. The minimum Gasteiger partial charge on any atom is -0.397 e. The van der Waals surface area contributed by atoms with Gasteiger partial charge in [-0.2, -0.15) is 5.26 Å². The number of aromatic nitrogens is 1. The van der Waals surface area contributed by atoms with Crippen LogP contribution in [0.1, 0.15) is 24.8 Å². The lowest BCUT2D eigenvalue weighted by Gasteiger charge is -2.25. The van der Waals surface area contributed by atoms with Crippen LogP contribution in [-0.4, -0.2) is 41.7 Å². The number of carbonyl (C=O) groups excluding carboxylic acids is 1. The molecule has 0 saturated carbocycles. The number of nitrogens with two attached hydrogens (primary N) is 1. The SMILES string of the molecule is CSc1nc(NC(=O)CN2CCCCC2)cc(N)c1C#N. The summed E-state index contributed by atoms with van der Waals surface area (Å²) in [6.45, 7) is 2.30. The summed E-state index contributed by atoms with van der Waals surface area (Å²) in [6, 6.07) is 3.57. The average Bonchev–Trinajstić information content (AvgIpc) is 2.47. The van der Waals surface area contributed by atoms with Gasteiger partial charge in [-0.05, 0) is 32.2 Å². The van der Waals surface area contributed by atoms with E-state index in [1.165, 1.54) is 24.2 Å². The van der Waals surface area contributed by atoms with E-state index in [4.69, 9.17) is 11.0 Å². The van der Waals surface area contributed by atoms with Crippen molar-refractivity contribution in [2.75, 3.05) is 36.9 Å². The standard InChI is InChI=1S/C14H19N5OS/c1-21-14-10(8-15)11(16)7-12(18-14)17-13(20)9-19-5-3-2-4-6-19/h7H,2-6,9H2,1H3,(H3,16,17,18,20). The fraction of sp³-hybridized carbons (Fsp3) is 0.500. The highest BCUT2D eigenvalue weighted by atomic mass is 32.2. The maximum Gasteiger partial charge on any atom is 0.239 e. The maximum atomic E-state index is 12.0. The van der Waals surface area contributed by atoms with Crippen molar-refractivity contribution in [3.05, 3.63) is 11.6 Å². The number of amides is 1. The van der Waals surface area contributed by atoms with Crippen molar-refractivity contribution < 1.29 is 4.79 Å². The molecule has 7 heteroatoms. The summed E-state index contributed by atoms with van der Waals surface area (Å²) in [5.74, 6) is 0.304. The molecule has 0 aliphatic carbocycles. The molecule has 21 heavy (non-hydrogen) atoms. The summed E-state index contributed by atoms with van der Waals surface area (Å²) in [6.07, 6.45) is 5.35. The number of nitrogens with zero attached hydrogens (tertiary/aromatic N) is 3. The Morgan fingerprint density at radius 1 is 1.52 bits per heavy atom. The molecule has 6 nitrogen and oxygen atoms in total. The van der Waals surface area contributed by atoms with Crippen molar-refractivity contribution in [2.24, 2.45) is 0 Å². The molecule has 1 aromatic heterocycles. The number of anilines is 2. The Balaban J connectivity index is 2.03. The second-order valence-corrected chi connectivity index (χ2v) is 5.77. The van der Waals surface area contributed by atoms with Crippen molar-refractivity contribution in [3.63, 3.8) is 0 Å². The zero-order valence-electron chi connectivity index (χ0n) is 12.1. The highest BCUT2D eigenvalue weighted by molar-refractivity contribution is 7.98. The highest BCUT2D eigenvalue weighted by Crippen LogP contribution is 2.25. The van der Waals surface area contributed by atoms with Crippen molar-refractivity contribution >= 4 is 29.2 Å². The lowest BCUT2D eigenvalue weighted by atomic mass is 10.1. The molecule has 0 aromatic carbocycles. The van der Waals surface area contributed by atoms with Crippen LogP contribution in [0.5, 0.6) is 0 Å². The molecule has 0 spiro atoms. The highest BCUT2D eigenvalue weighted by Gasteiger charge is 2.15. The molecule has 2 rings (SSSR count). The normalized spacial score (nSPS) is 15.4. The molecule has 0 atom stereocenters. The zero-order valence-corrected chi connectivity index (χ0v) is 12.9. The third-order valence-electron chi connectivity index (χ3n) is 3.41. The number of carbonyl (C=O) groups is 1. The van der Waals surface area contributed by atoms with Gasteiger partial charge in [0.25, 0.3) is 0 Å². The number of nitrogen functional groups attached to an aromatic ring is 1. The summed E-state index contributed by atoms with van der Waals surface area (Å²) in [5.41, 5.74) is 6.53. The van der Waals surface area contributed by atoms with Gasteiger partial charge >= 0.3 is 0 Å². The largest absolute Gasteiger partial charge is 0.397 e. The summed E-state index contributed by atoms with van der Waals surface area (Å²) in [4.78, 5) is 18.4. The number of nitrogens with one attached hydrogen (secondary N) is 1. The van der Waals surface area contributed by atoms with Crippen LogP contribution in [0.3, 0.4) is 0 Å². The molecular formula is C14H19N5OS. The zero-order chi connectivity index (χ0) is 15.2. The molecule has 1 aromatic rings. The number of nitriles is 1. The van der Waals surface area contributed by atoms with Gasteiger partial charge in [-0.1, -0.05) is 6.42 Å². The Morgan fingerprint density at radius 2 is 2.24 bits per heavy atom. The topological polar surface area (TPSA) is 95.0 Å². The molecule has 0 unspecified atom stereocenters. The summed E-state index contributed by atoms with van der Waals surface area (Å²) in [5, 5.41) is 12.3. The average molecular weight is 305 g/mol. The molecular weight excluding hydrogens is 286 g/mol. The van der Waals surface area contributed by atoms with E-state index in [-0.39, 0.29) is 5.91 Å². The van der Waals surface area contributed by atoms with Gasteiger partial charge in [0.1, 0.15) is 22.5 Å². The molecule has 0 bridgehead atoms. The fourth-order valence-corrected chi connectivity index (χ4v) is 2.92. The van der Waals surface area contributed by atoms with E-state index < -0.39 is 0 Å². The van der Waals surface area contributed by atoms with Crippen LogP contribution >= 0.6 is 11.8 Å². The van der Waals surface area contributed by atoms with Crippen LogP contribution < -0.4 is 11.1 Å². The van der Waals surface area contributed by atoms with Gasteiger partial charge in [0.2, 0.25) is 5.91 Å².